The van der Waals surface area contributed by atoms with Crippen LogP contribution >= 0.6 is 11.8 Å². The molecule has 1 fully saturated rings. The van der Waals surface area contributed by atoms with Gasteiger partial charge < -0.3 is 20.1 Å². The van der Waals surface area contributed by atoms with Crippen molar-refractivity contribution < 1.29 is 9.47 Å². The second-order valence-electron chi connectivity index (χ2n) is 7.36. The molecular formula is C20H33N3O2S. The molecule has 2 rings (SSSR count). The molecule has 1 aliphatic rings. The van der Waals surface area contributed by atoms with Gasteiger partial charge in [0.15, 0.2) is 5.96 Å². The number of aliphatic imine (C=N–C) groups is 1. The zero-order valence-electron chi connectivity index (χ0n) is 16.7. The lowest BCUT2D eigenvalue weighted by molar-refractivity contribution is 0.0513. The van der Waals surface area contributed by atoms with Gasteiger partial charge in [0.1, 0.15) is 5.75 Å². The summed E-state index contributed by atoms with van der Waals surface area (Å²) in [4.78, 5) is 4.40. The second kappa shape index (κ2) is 9.51. The van der Waals surface area contributed by atoms with Crippen LogP contribution in [0.1, 0.15) is 32.3 Å². The van der Waals surface area contributed by atoms with E-state index in [0.29, 0.717) is 0 Å². The van der Waals surface area contributed by atoms with Crippen molar-refractivity contribution in [2.24, 2.45) is 4.99 Å². The van der Waals surface area contributed by atoms with Crippen molar-refractivity contribution in [2.75, 3.05) is 46.7 Å². The Bertz CT molecular complexity index is 581. The average Bonchev–Trinajstić information content (AvgIpc) is 2.69. The Morgan fingerprint density at radius 1 is 1.23 bits per heavy atom. The minimum Gasteiger partial charge on any atom is -0.497 e. The Kier molecular flexibility index (Phi) is 7.65. The average molecular weight is 380 g/mol. The normalized spacial score (nSPS) is 17.7. The zero-order chi connectivity index (χ0) is 19.0. The summed E-state index contributed by atoms with van der Waals surface area (Å²) < 4.78 is 11.1. The molecule has 0 unspecified atom stereocenters. The maximum Gasteiger partial charge on any atom is 0.191 e. The first-order valence-electron chi connectivity index (χ1n) is 9.17. The molecule has 0 aliphatic carbocycles. The number of thioether (sulfide) groups is 1. The molecule has 0 bridgehead atoms. The first-order chi connectivity index (χ1) is 12.4. The van der Waals surface area contributed by atoms with E-state index in [1.54, 1.807) is 7.11 Å². The summed E-state index contributed by atoms with van der Waals surface area (Å²) in [6.45, 7) is 7.75. The topological polar surface area (TPSA) is 54.9 Å². The Hall–Kier alpha value is -1.40. The molecule has 1 aromatic carbocycles. The number of nitrogens with one attached hydrogen (secondary N) is 2. The minimum atomic E-state index is 0.0527. The summed E-state index contributed by atoms with van der Waals surface area (Å²) in [6, 6.07) is 8.44. The van der Waals surface area contributed by atoms with Gasteiger partial charge in [-0.1, -0.05) is 12.1 Å². The first-order valence-corrected chi connectivity index (χ1v) is 10.4. The summed E-state index contributed by atoms with van der Waals surface area (Å²) in [5, 5.41) is 7.00. The summed E-state index contributed by atoms with van der Waals surface area (Å²) in [6.07, 6.45) is 4.14. The van der Waals surface area contributed by atoms with Crippen LogP contribution in [0.3, 0.4) is 0 Å². The third kappa shape index (κ3) is 5.55. The Morgan fingerprint density at radius 3 is 2.42 bits per heavy atom. The second-order valence-corrected chi connectivity index (χ2v) is 8.88. The predicted molar refractivity (Wildman–Crippen MR) is 112 cm³/mol. The molecule has 5 nitrogen and oxygen atoms in total. The lowest BCUT2D eigenvalue weighted by atomic mass is 9.74. The molecule has 1 saturated heterocycles. The molecule has 6 heteroatoms. The third-order valence-electron chi connectivity index (χ3n) is 5.20. The van der Waals surface area contributed by atoms with Crippen molar-refractivity contribution in [3.63, 3.8) is 0 Å². The number of benzene rings is 1. The Balaban J connectivity index is 2.07. The monoisotopic (exact) mass is 379 g/mol. The molecule has 0 saturated carbocycles. The van der Waals surface area contributed by atoms with Gasteiger partial charge in [-0.3, -0.25) is 4.99 Å². The third-order valence-corrected chi connectivity index (χ3v) is 6.45. The first kappa shape index (κ1) is 20.9. The van der Waals surface area contributed by atoms with Crippen molar-refractivity contribution >= 4 is 17.7 Å². The highest BCUT2D eigenvalue weighted by Gasteiger charge is 2.34. The van der Waals surface area contributed by atoms with Gasteiger partial charge in [-0.05, 0) is 50.6 Å². The van der Waals surface area contributed by atoms with E-state index in [-0.39, 0.29) is 10.2 Å². The van der Waals surface area contributed by atoms with E-state index in [1.165, 1.54) is 5.56 Å². The largest absolute Gasteiger partial charge is 0.497 e. The highest BCUT2D eigenvalue weighted by atomic mass is 32.2. The molecule has 2 N–H and O–H groups in total. The van der Waals surface area contributed by atoms with Crippen molar-refractivity contribution in [1.82, 2.24) is 10.6 Å². The van der Waals surface area contributed by atoms with E-state index in [9.17, 15) is 0 Å². The van der Waals surface area contributed by atoms with E-state index in [2.05, 4.69) is 47.9 Å². The lowest BCUT2D eigenvalue weighted by Gasteiger charge is -2.38. The molecule has 0 aromatic heterocycles. The number of nitrogens with zero attached hydrogens (tertiary/aromatic N) is 1. The highest BCUT2D eigenvalue weighted by molar-refractivity contribution is 7.99. The fourth-order valence-corrected chi connectivity index (χ4v) is 3.33. The maximum atomic E-state index is 5.63. The number of hydrogen-bond acceptors (Lipinski definition) is 4. The van der Waals surface area contributed by atoms with Gasteiger partial charge in [0.05, 0.1) is 7.11 Å². The van der Waals surface area contributed by atoms with Crippen molar-refractivity contribution in [2.45, 2.75) is 36.9 Å². The van der Waals surface area contributed by atoms with Crippen LogP contribution in [0.4, 0.5) is 0 Å². The number of guanidine groups is 1. The van der Waals surface area contributed by atoms with Gasteiger partial charge in [-0.2, -0.15) is 11.8 Å². The summed E-state index contributed by atoms with van der Waals surface area (Å²) in [5.74, 6) is 1.74. The van der Waals surface area contributed by atoms with Crippen molar-refractivity contribution in [3.8, 4) is 5.75 Å². The fourth-order valence-electron chi connectivity index (χ4n) is 3.12. The SMILES string of the molecule is CN=C(NCC(C)(C)SC)NCC1(c2ccc(OC)cc2)CCOCC1. The maximum absolute atomic E-state index is 5.63. The van der Waals surface area contributed by atoms with Crippen LogP contribution < -0.4 is 15.4 Å². The lowest BCUT2D eigenvalue weighted by Crippen LogP contribution is -2.49. The quantitative estimate of drug-likeness (QED) is 0.563. The summed E-state index contributed by atoms with van der Waals surface area (Å²) >= 11 is 1.85. The number of ether oxygens (including phenoxy) is 2. The van der Waals surface area contributed by atoms with Gasteiger partial charge in [0.25, 0.3) is 0 Å². The molecule has 1 aromatic rings. The molecule has 0 atom stereocenters. The molecule has 1 aliphatic heterocycles. The van der Waals surface area contributed by atoms with Crippen LogP contribution in [-0.4, -0.2) is 57.4 Å². The molecule has 0 spiro atoms. The van der Waals surface area contributed by atoms with Gasteiger partial charge in [-0.25, -0.2) is 0 Å². The Morgan fingerprint density at radius 2 is 1.88 bits per heavy atom. The predicted octanol–water partition coefficient (Wildman–Crippen LogP) is 3.05. The van der Waals surface area contributed by atoms with Crippen molar-refractivity contribution in [1.29, 1.82) is 0 Å². The standard InChI is InChI=1S/C20H33N3O2S/c1-19(2,26-5)14-22-18(21-3)23-15-20(10-12-25-13-11-20)16-6-8-17(24-4)9-7-16/h6-9H,10-15H2,1-5H3,(H2,21,22,23). The smallest absolute Gasteiger partial charge is 0.191 e. The van der Waals surface area contributed by atoms with E-state index in [1.807, 2.05) is 30.9 Å². The summed E-state index contributed by atoms with van der Waals surface area (Å²) in [5.41, 5.74) is 1.38. The molecule has 26 heavy (non-hydrogen) atoms. The van der Waals surface area contributed by atoms with E-state index < -0.39 is 0 Å². The van der Waals surface area contributed by atoms with E-state index >= 15 is 0 Å². The van der Waals surface area contributed by atoms with Crippen LogP contribution in [0, 0.1) is 0 Å². The highest BCUT2D eigenvalue weighted by Crippen LogP contribution is 2.35. The fraction of sp³-hybridized carbons (Fsp3) is 0.650. The minimum absolute atomic E-state index is 0.0527. The molecule has 0 radical (unpaired) electrons. The van der Waals surface area contributed by atoms with Crippen LogP contribution in [0.5, 0.6) is 5.75 Å². The van der Waals surface area contributed by atoms with Gasteiger partial charge in [0, 0.05) is 43.5 Å². The Labute approximate surface area is 162 Å². The number of methoxy groups -OCH3 is 1. The van der Waals surface area contributed by atoms with Crippen LogP contribution in [0.15, 0.2) is 29.3 Å². The van der Waals surface area contributed by atoms with Crippen LogP contribution in [0.25, 0.3) is 0 Å². The number of hydrogen-bond donors (Lipinski definition) is 2. The van der Waals surface area contributed by atoms with E-state index in [0.717, 1.165) is 50.9 Å². The zero-order valence-corrected chi connectivity index (χ0v) is 17.5. The number of rotatable bonds is 7. The van der Waals surface area contributed by atoms with E-state index in [4.69, 9.17) is 9.47 Å². The molecule has 146 valence electrons. The van der Waals surface area contributed by atoms with Crippen molar-refractivity contribution in [3.05, 3.63) is 29.8 Å². The van der Waals surface area contributed by atoms with Gasteiger partial charge in [-0.15, -0.1) is 0 Å². The molecule has 1 heterocycles. The van der Waals surface area contributed by atoms with Crippen LogP contribution in [-0.2, 0) is 10.2 Å². The molecular weight excluding hydrogens is 346 g/mol. The van der Waals surface area contributed by atoms with Gasteiger partial charge >= 0.3 is 0 Å². The van der Waals surface area contributed by atoms with Gasteiger partial charge in [0.2, 0.25) is 0 Å². The van der Waals surface area contributed by atoms with Crippen LogP contribution in [0.2, 0.25) is 0 Å². The molecule has 0 amide bonds. The summed E-state index contributed by atoms with van der Waals surface area (Å²) in [7, 11) is 3.53.